The van der Waals surface area contributed by atoms with Gasteiger partial charge in [-0.2, -0.15) is 0 Å². The van der Waals surface area contributed by atoms with Gasteiger partial charge in [-0.1, -0.05) is 115 Å². The fourth-order valence-electron chi connectivity index (χ4n) is 12.1. The Bertz CT molecular complexity index is 2110. The molecule has 1 aromatic heterocycles. The number of aromatic nitrogens is 3. The molecule has 234 valence electrons. The van der Waals surface area contributed by atoms with Gasteiger partial charge in [-0.05, 0) is 113 Å². The first kappa shape index (κ1) is 27.3. The van der Waals surface area contributed by atoms with Crippen molar-refractivity contribution in [2.45, 2.75) is 43.9 Å². The van der Waals surface area contributed by atoms with E-state index in [2.05, 4.69) is 84.9 Å². The summed E-state index contributed by atoms with van der Waals surface area (Å²) in [7, 11) is 0. The van der Waals surface area contributed by atoms with E-state index in [-0.39, 0.29) is 0 Å². The van der Waals surface area contributed by atoms with Crippen molar-refractivity contribution in [3.8, 4) is 45.3 Å². The summed E-state index contributed by atoms with van der Waals surface area (Å²) in [5.41, 5.74) is 7.67. The van der Waals surface area contributed by atoms with Gasteiger partial charge in [0.25, 0.3) is 0 Å². The Labute approximate surface area is 282 Å². The number of hydrogen-bond acceptors (Lipinski definition) is 3. The summed E-state index contributed by atoms with van der Waals surface area (Å²) in [5, 5.41) is 2.40. The van der Waals surface area contributed by atoms with Crippen LogP contribution >= 0.6 is 0 Å². The quantitative estimate of drug-likeness (QED) is 0.192. The molecule has 4 atom stereocenters. The van der Waals surface area contributed by atoms with E-state index in [1.54, 1.807) is 12.0 Å². The van der Waals surface area contributed by atoms with Crippen molar-refractivity contribution in [2.24, 2.45) is 41.4 Å². The van der Waals surface area contributed by atoms with E-state index < -0.39 is 0 Å². The highest BCUT2D eigenvalue weighted by atomic mass is 15.0. The topological polar surface area (TPSA) is 38.7 Å². The van der Waals surface area contributed by atoms with Crippen LogP contribution in [0.4, 0.5) is 0 Å². The second-order valence-corrected chi connectivity index (χ2v) is 15.7. The zero-order chi connectivity index (χ0) is 31.4. The predicted molar refractivity (Wildman–Crippen MR) is 193 cm³/mol. The van der Waals surface area contributed by atoms with Gasteiger partial charge >= 0.3 is 0 Å². The molecule has 1 heterocycles. The van der Waals surface area contributed by atoms with Crippen LogP contribution in [-0.2, 0) is 5.41 Å². The Morgan fingerprint density at radius 2 is 0.938 bits per heavy atom. The zero-order valence-electron chi connectivity index (χ0n) is 27.2. The van der Waals surface area contributed by atoms with Crippen LogP contribution in [0, 0.1) is 41.4 Å². The molecular formula is C45H39N3. The van der Waals surface area contributed by atoms with E-state index in [1.165, 1.54) is 48.6 Å². The Morgan fingerprint density at radius 1 is 0.417 bits per heavy atom. The van der Waals surface area contributed by atoms with Gasteiger partial charge in [0.15, 0.2) is 17.5 Å². The van der Waals surface area contributed by atoms with Crippen molar-refractivity contribution in [1.29, 1.82) is 0 Å². The van der Waals surface area contributed by atoms with Crippen LogP contribution in [0.25, 0.3) is 56.1 Å². The van der Waals surface area contributed by atoms with Crippen LogP contribution < -0.4 is 0 Å². The number of nitrogens with zero attached hydrogens (tertiary/aromatic N) is 3. The summed E-state index contributed by atoms with van der Waals surface area (Å²) < 4.78 is 0. The molecule has 0 saturated heterocycles. The van der Waals surface area contributed by atoms with Crippen LogP contribution in [0.2, 0.25) is 0 Å². The lowest BCUT2D eigenvalue weighted by molar-refractivity contribution is -0.220. The standard InChI is InChI=1S/C45H39N3/c1-3-9-30(10-4-1)42-46-43(31-11-5-2-6-12-31)48-44(47-42)36-20-19-33(34-13-7-8-14-35(34)36)29-15-17-32(18-16-29)45-26-28-22-38-37-21-27(24-40(38)45)25-41(45)39(37)23-28/h1-20,27-28,37-41H,21-26H2. The van der Waals surface area contributed by atoms with Crippen LogP contribution in [0.1, 0.15) is 44.1 Å². The van der Waals surface area contributed by atoms with Gasteiger partial charge in [0.1, 0.15) is 0 Å². The highest BCUT2D eigenvalue weighted by Crippen LogP contribution is 2.76. The van der Waals surface area contributed by atoms with Crippen LogP contribution in [0.15, 0.2) is 121 Å². The molecule has 0 radical (unpaired) electrons. The van der Waals surface area contributed by atoms with Gasteiger partial charge in [0.05, 0.1) is 0 Å². The third-order valence-electron chi connectivity index (χ3n) is 13.7. The molecule has 7 aliphatic rings. The molecule has 7 aliphatic carbocycles. The average molecular weight is 622 g/mol. The molecule has 0 N–H and O–H groups in total. The van der Waals surface area contributed by atoms with Crippen molar-refractivity contribution in [1.82, 2.24) is 15.0 Å². The predicted octanol–water partition coefficient (Wildman–Crippen LogP) is 10.7. The van der Waals surface area contributed by atoms with Gasteiger partial charge in [0.2, 0.25) is 0 Å². The molecule has 5 aromatic carbocycles. The van der Waals surface area contributed by atoms with Crippen LogP contribution in [-0.4, -0.2) is 15.0 Å². The summed E-state index contributed by atoms with van der Waals surface area (Å²) >= 11 is 0. The third-order valence-corrected chi connectivity index (χ3v) is 13.7. The third kappa shape index (κ3) is 3.85. The van der Waals surface area contributed by atoms with E-state index in [0.29, 0.717) is 22.9 Å². The minimum Gasteiger partial charge on any atom is -0.208 e. The van der Waals surface area contributed by atoms with E-state index in [0.717, 1.165) is 63.5 Å². The smallest absolute Gasteiger partial charge is 0.164 e. The molecule has 3 nitrogen and oxygen atoms in total. The fourth-order valence-corrected chi connectivity index (χ4v) is 12.1. The molecule has 0 spiro atoms. The minimum absolute atomic E-state index is 0.444. The lowest BCUT2D eigenvalue weighted by Gasteiger charge is -2.74. The number of fused-ring (bicyclic) bond motifs is 1. The first-order valence-electron chi connectivity index (χ1n) is 18.2. The molecule has 13 rings (SSSR count). The van der Waals surface area contributed by atoms with E-state index in [9.17, 15) is 0 Å². The summed E-state index contributed by atoms with van der Waals surface area (Å²) in [6.45, 7) is 0. The van der Waals surface area contributed by atoms with E-state index >= 15 is 0 Å². The Morgan fingerprint density at radius 3 is 1.56 bits per heavy atom. The number of rotatable bonds is 5. The average Bonchev–Trinajstić information content (AvgIpc) is 3.16. The maximum absolute atomic E-state index is 5.07. The maximum Gasteiger partial charge on any atom is 0.164 e. The number of benzene rings is 5. The molecule has 7 fully saturated rings. The number of hydrogen-bond donors (Lipinski definition) is 0. The molecular weight excluding hydrogens is 583 g/mol. The van der Waals surface area contributed by atoms with Crippen molar-refractivity contribution >= 4 is 10.8 Å². The lowest BCUT2D eigenvalue weighted by atomic mass is 9.30. The molecule has 0 aliphatic heterocycles. The summed E-state index contributed by atoms with van der Waals surface area (Å²) in [4.78, 5) is 15.1. The van der Waals surface area contributed by atoms with Crippen molar-refractivity contribution in [3.63, 3.8) is 0 Å². The van der Waals surface area contributed by atoms with Crippen molar-refractivity contribution in [2.75, 3.05) is 0 Å². The molecule has 8 bridgehead atoms. The highest BCUT2D eigenvalue weighted by molar-refractivity contribution is 6.04. The Kier molecular flexibility index (Phi) is 5.80. The maximum atomic E-state index is 5.07. The lowest BCUT2D eigenvalue weighted by Crippen LogP contribution is -2.69. The molecule has 48 heavy (non-hydrogen) atoms. The fraction of sp³-hybridized carbons (Fsp3) is 0.311. The molecule has 4 unspecified atom stereocenters. The monoisotopic (exact) mass is 621 g/mol. The van der Waals surface area contributed by atoms with Crippen LogP contribution in [0.3, 0.4) is 0 Å². The molecule has 6 aromatic rings. The second kappa shape index (κ2) is 10.2. The SMILES string of the molecule is c1ccc(-c2nc(-c3ccccc3)nc(-c3ccc(-c4ccc(C56CC7CC8C9CC(CC85)CC6C9C7)cc4)c4ccccc34)n2)cc1. The molecule has 3 heteroatoms. The van der Waals surface area contributed by atoms with Gasteiger partial charge in [0, 0.05) is 22.1 Å². The zero-order valence-corrected chi connectivity index (χ0v) is 27.2. The summed E-state index contributed by atoms with van der Waals surface area (Å²) in [6, 6.07) is 43.7. The van der Waals surface area contributed by atoms with Crippen LogP contribution in [0.5, 0.6) is 0 Å². The Hall–Kier alpha value is -4.63. The first-order valence-corrected chi connectivity index (χ1v) is 18.2. The Balaban J connectivity index is 1.01. The minimum atomic E-state index is 0.444. The first-order chi connectivity index (χ1) is 23.7. The summed E-state index contributed by atoms with van der Waals surface area (Å²) in [6.07, 6.45) is 9.07. The molecule has 7 saturated carbocycles. The van der Waals surface area contributed by atoms with Gasteiger partial charge in [-0.25, -0.2) is 15.0 Å². The van der Waals surface area contributed by atoms with E-state index in [1.807, 2.05) is 36.4 Å². The van der Waals surface area contributed by atoms with Crippen molar-refractivity contribution < 1.29 is 0 Å². The van der Waals surface area contributed by atoms with Gasteiger partial charge < -0.3 is 0 Å². The summed E-state index contributed by atoms with van der Waals surface area (Å²) in [5.74, 6) is 8.99. The van der Waals surface area contributed by atoms with Gasteiger partial charge in [-0.3, -0.25) is 0 Å². The highest BCUT2D eigenvalue weighted by Gasteiger charge is 2.70. The van der Waals surface area contributed by atoms with Crippen molar-refractivity contribution in [3.05, 3.63) is 127 Å². The normalized spacial score (nSPS) is 30.7. The van der Waals surface area contributed by atoms with E-state index in [4.69, 9.17) is 15.0 Å². The largest absolute Gasteiger partial charge is 0.208 e. The second-order valence-electron chi connectivity index (χ2n) is 15.7. The van der Waals surface area contributed by atoms with Gasteiger partial charge in [-0.15, -0.1) is 0 Å². The molecule has 0 amide bonds.